The summed E-state index contributed by atoms with van der Waals surface area (Å²) in [5, 5.41) is 12.4. The third-order valence-corrected chi connectivity index (χ3v) is 2.99. The zero-order chi connectivity index (χ0) is 12.1. The van der Waals surface area contributed by atoms with Gasteiger partial charge in [-0.25, -0.2) is 0 Å². The fourth-order valence-electron chi connectivity index (χ4n) is 2.08. The number of nitrogens with two attached hydrogens (primary N) is 1. The number of hydrogen-bond acceptors (Lipinski definition) is 4. The largest absolute Gasteiger partial charge is 0.382 e. The Labute approximate surface area is 101 Å². The van der Waals surface area contributed by atoms with Crippen LogP contribution in [-0.2, 0) is 6.42 Å². The highest BCUT2D eigenvalue weighted by atomic mass is 15.3. The van der Waals surface area contributed by atoms with Crippen LogP contribution in [0.5, 0.6) is 0 Å². The van der Waals surface area contributed by atoms with Crippen molar-refractivity contribution >= 4 is 16.7 Å². The average molecular weight is 230 g/mol. The maximum Gasteiger partial charge on any atom is 0.157 e. The molecule has 0 aliphatic carbocycles. The van der Waals surface area contributed by atoms with Crippen molar-refractivity contribution in [1.29, 1.82) is 0 Å². The first kappa shape index (κ1) is 11.8. The highest BCUT2D eigenvalue weighted by Gasteiger charge is 2.06. The summed E-state index contributed by atoms with van der Waals surface area (Å²) in [4.78, 5) is 0. The molecule has 0 fully saturated rings. The lowest BCUT2D eigenvalue weighted by Gasteiger charge is -2.06. The van der Waals surface area contributed by atoms with Gasteiger partial charge in [0, 0.05) is 5.39 Å². The molecule has 0 radical (unpaired) electrons. The number of unbranched alkanes of at least 4 members (excludes halogenated alkanes) is 3. The second-order valence-electron chi connectivity index (χ2n) is 4.30. The summed E-state index contributed by atoms with van der Waals surface area (Å²) >= 11 is 0. The summed E-state index contributed by atoms with van der Waals surface area (Å²) in [6, 6.07) is 6.04. The molecule has 4 nitrogen and oxygen atoms in total. The molecule has 1 heterocycles. The maximum atomic E-state index is 5.87. The minimum atomic E-state index is 0.487. The predicted molar refractivity (Wildman–Crippen MR) is 69.6 cm³/mol. The lowest BCUT2D eigenvalue weighted by Crippen LogP contribution is -2.00. The van der Waals surface area contributed by atoms with E-state index < -0.39 is 0 Å². The molecule has 0 atom stereocenters. The Hall–Kier alpha value is -1.71. The van der Waals surface area contributed by atoms with Gasteiger partial charge in [-0.3, -0.25) is 0 Å². The van der Waals surface area contributed by atoms with E-state index in [1.165, 1.54) is 31.2 Å². The van der Waals surface area contributed by atoms with Gasteiger partial charge in [0.1, 0.15) is 0 Å². The second-order valence-corrected chi connectivity index (χ2v) is 4.30. The third kappa shape index (κ3) is 2.70. The van der Waals surface area contributed by atoms with E-state index in [4.69, 9.17) is 5.73 Å². The van der Waals surface area contributed by atoms with Crippen molar-refractivity contribution in [2.24, 2.45) is 0 Å². The van der Waals surface area contributed by atoms with Crippen LogP contribution in [0.2, 0.25) is 0 Å². The van der Waals surface area contributed by atoms with Gasteiger partial charge in [0.15, 0.2) is 5.82 Å². The highest BCUT2D eigenvalue weighted by molar-refractivity contribution is 5.90. The zero-order valence-corrected chi connectivity index (χ0v) is 10.2. The van der Waals surface area contributed by atoms with Crippen molar-refractivity contribution in [3.63, 3.8) is 0 Å². The van der Waals surface area contributed by atoms with Crippen molar-refractivity contribution < 1.29 is 0 Å². The summed E-state index contributed by atoms with van der Waals surface area (Å²) in [5.74, 6) is 0.487. The van der Waals surface area contributed by atoms with Gasteiger partial charge in [-0.05, 0) is 29.7 Å². The van der Waals surface area contributed by atoms with Crippen molar-refractivity contribution in [2.45, 2.75) is 39.0 Å². The second kappa shape index (κ2) is 5.57. The van der Waals surface area contributed by atoms with Gasteiger partial charge in [-0.15, -0.1) is 10.2 Å². The van der Waals surface area contributed by atoms with Crippen LogP contribution in [0.1, 0.15) is 38.2 Å². The van der Waals surface area contributed by atoms with Crippen LogP contribution in [0.15, 0.2) is 18.2 Å². The molecule has 0 bridgehead atoms. The van der Waals surface area contributed by atoms with Gasteiger partial charge >= 0.3 is 0 Å². The van der Waals surface area contributed by atoms with Gasteiger partial charge in [-0.1, -0.05) is 38.3 Å². The number of anilines is 1. The van der Waals surface area contributed by atoms with E-state index in [1.54, 1.807) is 0 Å². The Bertz CT molecular complexity index is 490. The number of rotatable bonds is 5. The first-order valence-electron chi connectivity index (χ1n) is 6.19. The van der Waals surface area contributed by atoms with Crippen LogP contribution in [-0.4, -0.2) is 15.4 Å². The smallest absolute Gasteiger partial charge is 0.157 e. The van der Waals surface area contributed by atoms with Crippen LogP contribution >= 0.6 is 0 Å². The molecular weight excluding hydrogens is 212 g/mol. The first-order valence-corrected chi connectivity index (χ1v) is 6.19. The van der Waals surface area contributed by atoms with Crippen molar-refractivity contribution in [3.8, 4) is 0 Å². The van der Waals surface area contributed by atoms with Gasteiger partial charge in [0.2, 0.25) is 0 Å². The zero-order valence-electron chi connectivity index (χ0n) is 10.2. The molecule has 0 amide bonds. The predicted octanol–water partition coefficient (Wildman–Crippen LogP) is 2.73. The van der Waals surface area contributed by atoms with E-state index in [2.05, 4.69) is 28.4 Å². The highest BCUT2D eigenvalue weighted by Crippen LogP contribution is 2.22. The van der Waals surface area contributed by atoms with E-state index in [-0.39, 0.29) is 0 Å². The van der Waals surface area contributed by atoms with E-state index in [0.29, 0.717) is 5.82 Å². The number of benzene rings is 1. The van der Waals surface area contributed by atoms with Crippen LogP contribution < -0.4 is 5.73 Å². The molecule has 0 unspecified atom stereocenters. The van der Waals surface area contributed by atoms with Crippen LogP contribution in [0.25, 0.3) is 10.9 Å². The van der Waals surface area contributed by atoms with E-state index >= 15 is 0 Å². The van der Waals surface area contributed by atoms with Gasteiger partial charge in [0.05, 0.1) is 5.52 Å². The monoisotopic (exact) mass is 230 g/mol. The molecule has 0 aliphatic heterocycles. The molecule has 17 heavy (non-hydrogen) atoms. The number of fused-ring (bicyclic) bond motifs is 1. The SMILES string of the molecule is CCCCCCc1cccc2nnnc(N)c12. The van der Waals surface area contributed by atoms with Crippen LogP contribution in [0.3, 0.4) is 0 Å². The van der Waals surface area contributed by atoms with Crippen molar-refractivity contribution in [2.75, 3.05) is 5.73 Å². The minimum Gasteiger partial charge on any atom is -0.382 e. The molecule has 1 aromatic carbocycles. The van der Waals surface area contributed by atoms with Crippen molar-refractivity contribution in [1.82, 2.24) is 15.4 Å². The van der Waals surface area contributed by atoms with Crippen molar-refractivity contribution in [3.05, 3.63) is 23.8 Å². The Morgan fingerprint density at radius 3 is 2.82 bits per heavy atom. The summed E-state index contributed by atoms with van der Waals surface area (Å²) in [5.41, 5.74) is 7.95. The summed E-state index contributed by atoms with van der Waals surface area (Å²) in [6.07, 6.45) is 6.03. The molecule has 2 aromatic rings. The number of nitrogen functional groups attached to an aromatic ring is 1. The first-order chi connectivity index (χ1) is 8.33. The topological polar surface area (TPSA) is 64.7 Å². The van der Waals surface area contributed by atoms with Gasteiger partial charge in [0.25, 0.3) is 0 Å². The maximum absolute atomic E-state index is 5.87. The van der Waals surface area contributed by atoms with Crippen LogP contribution in [0.4, 0.5) is 5.82 Å². The fourth-order valence-corrected chi connectivity index (χ4v) is 2.08. The molecule has 0 saturated heterocycles. The summed E-state index contributed by atoms with van der Waals surface area (Å²) in [7, 11) is 0. The molecular formula is C13H18N4. The Morgan fingerprint density at radius 2 is 2.00 bits per heavy atom. The number of nitrogens with zero attached hydrogens (tertiary/aromatic N) is 3. The van der Waals surface area contributed by atoms with Crippen LogP contribution in [0, 0.1) is 0 Å². The number of aryl methyl sites for hydroxylation is 1. The standard InChI is InChI=1S/C13H18N4/c1-2-3-4-5-7-10-8-6-9-11-12(10)13(14)16-17-15-11/h6,8-9H,2-5,7H2,1H3,(H2,14,15,16). The number of hydrogen-bond donors (Lipinski definition) is 1. The lowest BCUT2D eigenvalue weighted by atomic mass is 10.0. The Morgan fingerprint density at radius 1 is 1.12 bits per heavy atom. The Kier molecular flexibility index (Phi) is 3.85. The Balaban J connectivity index is 2.21. The number of aromatic nitrogens is 3. The molecule has 0 aliphatic rings. The molecule has 2 N–H and O–H groups in total. The summed E-state index contributed by atoms with van der Waals surface area (Å²) < 4.78 is 0. The van der Waals surface area contributed by atoms with E-state index in [0.717, 1.165) is 17.3 Å². The summed E-state index contributed by atoms with van der Waals surface area (Å²) in [6.45, 7) is 2.22. The average Bonchev–Trinajstić information content (AvgIpc) is 2.35. The van der Waals surface area contributed by atoms with Gasteiger partial charge in [-0.2, -0.15) is 0 Å². The normalized spacial score (nSPS) is 10.9. The molecule has 1 aromatic heterocycles. The molecule has 4 heteroatoms. The fraction of sp³-hybridized carbons (Fsp3) is 0.462. The molecule has 90 valence electrons. The van der Waals surface area contributed by atoms with E-state index in [1.807, 2.05) is 12.1 Å². The lowest BCUT2D eigenvalue weighted by molar-refractivity contribution is 0.668. The molecule has 2 rings (SSSR count). The van der Waals surface area contributed by atoms with Gasteiger partial charge < -0.3 is 5.73 Å². The third-order valence-electron chi connectivity index (χ3n) is 2.99. The molecule has 0 saturated carbocycles. The molecule has 0 spiro atoms. The quantitative estimate of drug-likeness (QED) is 0.802. The van der Waals surface area contributed by atoms with E-state index in [9.17, 15) is 0 Å². The minimum absolute atomic E-state index is 0.487.